The van der Waals surface area contributed by atoms with Gasteiger partial charge in [0.15, 0.2) is 0 Å². The number of hydrogen-bond donors (Lipinski definition) is 0. The summed E-state index contributed by atoms with van der Waals surface area (Å²) in [5.74, 6) is 0. The van der Waals surface area contributed by atoms with Crippen LogP contribution < -0.4 is 0 Å². The molecule has 0 saturated heterocycles. The molecule has 1 aliphatic rings. The van der Waals surface area contributed by atoms with Gasteiger partial charge in [0, 0.05) is 28.9 Å². The molecule has 0 radical (unpaired) electrons. The van der Waals surface area contributed by atoms with Gasteiger partial charge in [-0.15, -0.1) is 0 Å². The van der Waals surface area contributed by atoms with E-state index in [1.807, 2.05) is 6.08 Å². The summed E-state index contributed by atoms with van der Waals surface area (Å²) in [6.07, 6.45) is 4.19. The molecule has 2 heteroatoms. The molecular formula is C32H26N2. The minimum Gasteiger partial charge on any atom is -0.343 e. The Bertz CT molecular complexity index is 1620. The number of nitrogens with zero attached hydrogens (tertiary/aromatic N) is 2. The van der Waals surface area contributed by atoms with E-state index in [4.69, 9.17) is 4.99 Å². The van der Waals surface area contributed by atoms with Crippen LogP contribution in [0.2, 0.25) is 0 Å². The Kier molecular flexibility index (Phi) is 4.63. The number of rotatable bonds is 4. The molecule has 2 nitrogen and oxygen atoms in total. The minimum absolute atomic E-state index is 0.573. The van der Waals surface area contributed by atoms with Crippen molar-refractivity contribution >= 4 is 33.2 Å². The van der Waals surface area contributed by atoms with Crippen molar-refractivity contribution in [3.05, 3.63) is 138 Å². The Hall–Kier alpha value is -4.17. The van der Waals surface area contributed by atoms with Gasteiger partial charge in [0.25, 0.3) is 0 Å². The van der Waals surface area contributed by atoms with E-state index in [-0.39, 0.29) is 0 Å². The standard InChI is InChI=1S/C32H26N2/c1-4-23(5-2)32(24-16-10-7-11-17-24)29-27(33-31(32)22-14-8-6-9-15-22)21-20-26-25-18-12-13-19-28(25)34(3)30(26)29/h4-21H,1H2,2-3H3/b23-5+. The smallest absolute Gasteiger partial charge is 0.0918 e. The van der Waals surface area contributed by atoms with Crippen molar-refractivity contribution in [2.75, 3.05) is 0 Å². The van der Waals surface area contributed by atoms with E-state index in [1.165, 1.54) is 32.9 Å². The van der Waals surface area contributed by atoms with Crippen LogP contribution >= 0.6 is 0 Å². The van der Waals surface area contributed by atoms with Crippen LogP contribution in [-0.4, -0.2) is 10.3 Å². The quantitative estimate of drug-likeness (QED) is 0.254. The zero-order valence-corrected chi connectivity index (χ0v) is 19.5. The largest absolute Gasteiger partial charge is 0.343 e. The van der Waals surface area contributed by atoms with E-state index < -0.39 is 5.41 Å². The van der Waals surface area contributed by atoms with Crippen LogP contribution in [0.25, 0.3) is 21.8 Å². The summed E-state index contributed by atoms with van der Waals surface area (Å²) in [6.45, 7) is 6.36. The highest BCUT2D eigenvalue weighted by atomic mass is 15.0. The van der Waals surface area contributed by atoms with Crippen molar-refractivity contribution in [3.63, 3.8) is 0 Å². The first kappa shape index (κ1) is 20.4. The number of para-hydroxylation sites is 1. The Morgan fingerprint density at radius 3 is 2.21 bits per heavy atom. The summed E-state index contributed by atoms with van der Waals surface area (Å²) < 4.78 is 2.33. The van der Waals surface area contributed by atoms with Gasteiger partial charge in [0.1, 0.15) is 0 Å². The highest BCUT2D eigenvalue weighted by Gasteiger charge is 2.49. The molecule has 0 amide bonds. The van der Waals surface area contributed by atoms with Crippen molar-refractivity contribution in [1.82, 2.24) is 4.57 Å². The van der Waals surface area contributed by atoms with E-state index in [0.29, 0.717) is 0 Å². The van der Waals surface area contributed by atoms with Crippen molar-refractivity contribution < 1.29 is 0 Å². The molecule has 2 heterocycles. The molecule has 5 aromatic rings. The molecule has 0 saturated carbocycles. The Labute approximate surface area is 200 Å². The van der Waals surface area contributed by atoms with Crippen LogP contribution in [0.15, 0.2) is 126 Å². The molecule has 34 heavy (non-hydrogen) atoms. The number of benzene rings is 4. The summed E-state index contributed by atoms with van der Waals surface area (Å²) in [4.78, 5) is 5.34. The molecule has 1 atom stereocenters. The highest BCUT2D eigenvalue weighted by molar-refractivity contribution is 6.22. The van der Waals surface area contributed by atoms with Gasteiger partial charge in [0.05, 0.1) is 22.3 Å². The maximum Gasteiger partial charge on any atom is 0.0918 e. The number of aromatic nitrogens is 1. The third kappa shape index (κ3) is 2.60. The van der Waals surface area contributed by atoms with Gasteiger partial charge in [0.2, 0.25) is 0 Å². The molecule has 4 aromatic carbocycles. The predicted octanol–water partition coefficient (Wildman–Crippen LogP) is 7.88. The summed E-state index contributed by atoms with van der Waals surface area (Å²) in [6, 6.07) is 34.4. The highest BCUT2D eigenvalue weighted by Crippen LogP contribution is 2.54. The Morgan fingerprint density at radius 2 is 1.50 bits per heavy atom. The summed E-state index contributed by atoms with van der Waals surface area (Å²) >= 11 is 0. The molecule has 1 aromatic heterocycles. The predicted molar refractivity (Wildman–Crippen MR) is 144 cm³/mol. The van der Waals surface area contributed by atoms with E-state index >= 15 is 0 Å². The monoisotopic (exact) mass is 438 g/mol. The number of aliphatic imine (C=N–C) groups is 1. The fraction of sp³-hybridized carbons (Fsp3) is 0.0938. The molecule has 0 spiro atoms. The van der Waals surface area contributed by atoms with Gasteiger partial charge in [-0.1, -0.05) is 104 Å². The summed E-state index contributed by atoms with van der Waals surface area (Å²) in [5.41, 5.74) is 8.61. The van der Waals surface area contributed by atoms with Crippen LogP contribution in [0.5, 0.6) is 0 Å². The van der Waals surface area contributed by atoms with E-state index in [1.54, 1.807) is 0 Å². The van der Waals surface area contributed by atoms with Crippen LogP contribution in [0, 0.1) is 0 Å². The first-order chi connectivity index (χ1) is 16.7. The van der Waals surface area contributed by atoms with Gasteiger partial charge in [-0.25, -0.2) is 0 Å². The molecule has 6 rings (SSSR count). The van der Waals surface area contributed by atoms with Crippen LogP contribution in [-0.2, 0) is 12.5 Å². The van der Waals surface area contributed by atoms with E-state index in [9.17, 15) is 0 Å². The molecule has 0 N–H and O–H groups in total. The van der Waals surface area contributed by atoms with Crippen molar-refractivity contribution in [2.24, 2.45) is 12.0 Å². The zero-order chi connectivity index (χ0) is 23.3. The molecule has 0 fully saturated rings. The van der Waals surface area contributed by atoms with Gasteiger partial charge < -0.3 is 4.57 Å². The lowest BCUT2D eigenvalue weighted by atomic mass is 9.64. The SMILES string of the molecule is C=C/C(=C\C)C1(c2ccccc2)C(c2ccccc2)=Nc2ccc3c4ccccc4n(C)c3c21. The van der Waals surface area contributed by atoms with Crippen molar-refractivity contribution in [2.45, 2.75) is 12.3 Å². The molecular weight excluding hydrogens is 412 g/mol. The maximum atomic E-state index is 5.34. The van der Waals surface area contributed by atoms with Gasteiger partial charge in [-0.05, 0) is 35.8 Å². The fourth-order valence-electron chi connectivity index (χ4n) is 5.83. The van der Waals surface area contributed by atoms with Crippen LogP contribution in [0.1, 0.15) is 23.6 Å². The van der Waals surface area contributed by atoms with Gasteiger partial charge in [-0.3, -0.25) is 4.99 Å². The minimum atomic E-state index is -0.573. The van der Waals surface area contributed by atoms with Crippen molar-refractivity contribution in [3.8, 4) is 0 Å². The van der Waals surface area contributed by atoms with Gasteiger partial charge in [-0.2, -0.15) is 0 Å². The summed E-state index contributed by atoms with van der Waals surface area (Å²) in [5, 5.41) is 2.51. The fourth-order valence-corrected chi connectivity index (χ4v) is 5.83. The second-order valence-electron chi connectivity index (χ2n) is 8.82. The average Bonchev–Trinajstić information content (AvgIpc) is 3.39. The normalized spacial score (nSPS) is 17.7. The molecule has 0 aliphatic carbocycles. The molecule has 1 aliphatic heterocycles. The van der Waals surface area contributed by atoms with E-state index in [0.717, 1.165) is 22.5 Å². The zero-order valence-electron chi connectivity index (χ0n) is 19.5. The average molecular weight is 439 g/mol. The lowest BCUT2D eigenvalue weighted by Crippen LogP contribution is -2.37. The lowest BCUT2D eigenvalue weighted by Gasteiger charge is -2.35. The first-order valence-electron chi connectivity index (χ1n) is 11.7. The Balaban J connectivity index is 1.85. The molecule has 1 unspecified atom stereocenters. The van der Waals surface area contributed by atoms with Crippen LogP contribution in [0.4, 0.5) is 5.69 Å². The van der Waals surface area contributed by atoms with Crippen LogP contribution in [0.3, 0.4) is 0 Å². The third-order valence-electron chi connectivity index (χ3n) is 7.23. The van der Waals surface area contributed by atoms with Crippen molar-refractivity contribution in [1.29, 1.82) is 0 Å². The second-order valence-corrected chi connectivity index (χ2v) is 8.82. The summed E-state index contributed by atoms with van der Waals surface area (Å²) in [7, 11) is 2.17. The third-order valence-corrected chi connectivity index (χ3v) is 7.23. The number of fused-ring (bicyclic) bond motifs is 5. The Morgan fingerprint density at radius 1 is 0.824 bits per heavy atom. The molecule has 0 bridgehead atoms. The number of allylic oxidation sites excluding steroid dienone is 3. The maximum absolute atomic E-state index is 5.34. The lowest BCUT2D eigenvalue weighted by molar-refractivity contribution is 0.844. The second kappa shape index (κ2) is 7.71. The first-order valence-corrected chi connectivity index (χ1v) is 11.7. The molecule has 164 valence electrons. The number of hydrogen-bond acceptors (Lipinski definition) is 1. The van der Waals surface area contributed by atoms with Gasteiger partial charge >= 0.3 is 0 Å². The topological polar surface area (TPSA) is 17.3 Å². The van der Waals surface area contributed by atoms with E-state index in [2.05, 4.69) is 128 Å². The number of aryl methyl sites for hydroxylation is 1.